The fourth-order valence-electron chi connectivity index (χ4n) is 1.60. The Morgan fingerprint density at radius 1 is 1.42 bits per heavy atom. The smallest absolute Gasteiger partial charge is 0.242 e. The summed E-state index contributed by atoms with van der Waals surface area (Å²) in [6.45, 7) is 5.00. The number of nitrogens with two attached hydrogens (primary N) is 1. The number of rotatable bonds is 7. The Bertz CT molecular complexity index is 500. The van der Waals surface area contributed by atoms with Crippen LogP contribution >= 0.6 is 0 Å². The maximum Gasteiger partial charge on any atom is 0.242 e. The minimum Gasteiger partial charge on any atom is -0.380 e. The lowest BCUT2D eigenvalue weighted by molar-refractivity contribution is 0.138. The van der Waals surface area contributed by atoms with Crippen LogP contribution in [-0.4, -0.2) is 39.5 Å². The quantitative estimate of drug-likeness (QED) is 0.768. The van der Waals surface area contributed by atoms with Crippen LogP contribution in [0.3, 0.4) is 0 Å². The Hall–Kier alpha value is -0.950. The summed E-state index contributed by atoms with van der Waals surface area (Å²) >= 11 is 0. The maximum atomic E-state index is 12.3. The number of hydrogen-bond acceptors (Lipinski definition) is 4. The molecule has 1 aromatic carbocycles. The van der Waals surface area contributed by atoms with Crippen LogP contribution in [0.4, 0.5) is 0 Å². The summed E-state index contributed by atoms with van der Waals surface area (Å²) in [6.07, 6.45) is 0. The Morgan fingerprint density at radius 3 is 2.68 bits per heavy atom. The first-order chi connectivity index (χ1) is 8.89. The van der Waals surface area contributed by atoms with Crippen molar-refractivity contribution in [3.63, 3.8) is 0 Å². The highest BCUT2D eigenvalue weighted by molar-refractivity contribution is 7.89. The molecule has 0 saturated carbocycles. The van der Waals surface area contributed by atoms with E-state index in [2.05, 4.69) is 0 Å². The third-order valence-electron chi connectivity index (χ3n) is 2.85. The zero-order chi connectivity index (χ0) is 14.5. The van der Waals surface area contributed by atoms with Crippen LogP contribution in [0.2, 0.25) is 0 Å². The molecular weight excluding hydrogens is 264 g/mol. The average Bonchev–Trinajstić information content (AvgIpc) is 2.39. The standard InChI is InChI=1S/C13H22N2O3S/c1-4-18-9-8-15(3)19(16,17)13-7-5-6-12(10-13)11(2)14/h5-7,10-11H,4,8-9,14H2,1-3H3. The maximum absolute atomic E-state index is 12.3. The molecule has 1 rings (SSSR count). The molecule has 2 N–H and O–H groups in total. The van der Waals surface area contributed by atoms with Crippen molar-refractivity contribution in [3.8, 4) is 0 Å². The van der Waals surface area contributed by atoms with E-state index in [1.807, 2.05) is 19.9 Å². The zero-order valence-corrected chi connectivity index (χ0v) is 12.5. The summed E-state index contributed by atoms with van der Waals surface area (Å²) < 4.78 is 31.1. The van der Waals surface area contributed by atoms with Crippen molar-refractivity contribution in [2.75, 3.05) is 26.8 Å². The monoisotopic (exact) mass is 286 g/mol. The molecule has 1 unspecified atom stereocenters. The highest BCUT2D eigenvalue weighted by Crippen LogP contribution is 2.18. The third kappa shape index (κ3) is 4.28. The van der Waals surface area contributed by atoms with Gasteiger partial charge in [0.05, 0.1) is 11.5 Å². The second-order valence-corrected chi connectivity index (χ2v) is 6.43. The molecule has 0 bridgehead atoms. The molecule has 0 aliphatic carbocycles. The summed E-state index contributed by atoms with van der Waals surface area (Å²) in [4.78, 5) is 0.265. The molecule has 0 heterocycles. The van der Waals surface area contributed by atoms with Gasteiger partial charge < -0.3 is 10.5 Å². The number of benzene rings is 1. The van der Waals surface area contributed by atoms with Crippen LogP contribution in [0.25, 0.3) is 0 Å². The number of sulfonamides is 1. The summed E-state index contributed by atoms with van der Waals surface area (Å²) in [6, 6.07) is 6.55. The zero-order valence-electron chi connectivity index (χ0n) is 11.7. The SMILES string of the molecule is CCOCCN(C)S(=O)(=O)c1cccc(C(C)N)c1. The number of nitrogens with zero attached hydrogens (tertiary/aromatic N) is 1. The molecule has 108 valence electrons. The van der Waals surface area contributed by atoms with Gasteiger partial charge in [-0.3, -0.25) is 0 Å². The minimum absolute atomic E-state index is 0.191. The van der Waals surface area contributed by atoms with Gasteiger partial charge in [0.1, 0.15) is 0 Å². The van der Waals surface area contributed by atoms with Gasteiger partial charge in [-0.05, 0) is 31.5 Å². The van der Waals surface area contributed by atoms with Gasteiger partial charge in [-0.25, -0.2) is 8.42 Å². The molecule has 0 amide bonds. The van der Waals surface area contributed by atoms with Crippen molar-refractivity contribution >= 4 is 10.0 Å². The van der Waals surface area contributed by atoms with Gasteiger partial charge in [0.2, 0.25) is 10.0 Å². The van der Waals surface area contributed by atoms with E-state index in [-0.39, 0.29) is 10.9 Å². The van der Waals surface area contributed by atoms with Crippen molar-refractivity contribution in [2.45, 2.75) is 24.8 Å². The van der Waals surface area contributed by atoms with E-state index >= 15 is 0 Å². The second-order valence-electron chi connectivity index (χ2n) is 4.38. The number of hydrogen-bond donors (Lipinski definition) is 1. The van der Waals surface area contributed by atoms with Crippen molar-refractivity contribution < 1.29 is 13.2 Å². The Balaban J connectivity index is 2.90. The summed E-state index contributed by atoms with van der Waals surface area (Å²) in [5, 5.41) is 0. The van der Waals surface area contributed by atoms with E-state index in [1.54, 1.807) is 25.2 Å². The molecular formula is C13H22N2O3S. The first kappa shape index (κ1) is 16.1. The second kappa shape index (κ2) is 7.00. The fourth-order valence-corrected chi connectivity index (χ4v) is 2.81. The molecule has 0 saturated heterocycles. The van der Waals surface area contributed by atoms with Crippen LogP contribution in [0, 0.1) is 0 Å². The van der Waals surface area contributed by atoms with E-state index in [1.165, 1.54) is 4.31 Å². The van der Waals surface area contributed by atoms with Crippen LogP contribution in [-0.2, 0) is 14.8 Å². The van der Waals surface area contributed by atoms with Crippen molar-refractivity contribution in [1.82, 2.24) is 4.31 Å². The van der Waals surface area contributed by atoms with Gasteiger partial charge in [0.15, 0.2) is 0 Å². The van der Waals surface area contributed by atoms with E-state index in [0.717, 1.165) is 5.56 Å². The van der Waals surface area contributed by atoms with Crippen LogP contribution < -0.4 is 5.73 Å². The Morgan fingerprint density at radius 2 is 2.11 bits per heavy atom. The summed E-state index contributed by atoms with van der Waals surface area (Å²) in [5.74, 6) is 0. The van der Waals surface area contributed by atoms with Crippen molar-refractivity contribution in [3.05, 3.63) is 29.8 Å². The van der Waals surface area contributed by atoms with E-state index in [0.29, 0.717) is 19.8 Å². The predicted molar refractivity (Wildman–Crippen MR) is 75.4 cm³/mol. The predicted octanol–water partition coefficient (Wildman–Crippen LogP) is 1.36. The Kier molecular flexibility index (Phi) is 5.93. The summed E-state index contributed by atoms with van der Waals surface area (Å²) in [5.41, 5.74) is 6.58. The highest BCUT2D eigenvalue weighted by Gasteiger charge is 2.20. The largest absolute Gasteiger partial charge is 0.380 e. The average molecular weight is 286 g/mol. The lowest BCUT2D eigenvalue weighted by Crippen LogP contribution is -2.30. The molecule has 0 aliphatic heterocycles. The van der Waals surface area contributed by atoms with Crippen LogP contribution in [0.15, 0.2) is 29.2 Å². The van der Waals surface area contributed by atoms with E-state index < -0.39 is 10.0 Å². The van der Waals surface area contributed by atoms with E-state index in [4.69, 9.17) is 10.5 Å². The topological polar surface area (TPSA) is 72.6 Å². The number of ether oxygens (including phenoxy) is 1. The lowest BCUT2D eigenvalue weighted by Gasteiger charge is -2.18. The lowest BCUT2D eigenvalue weighted by atomic mass is 10.1. The van der Waals surface area contributed by atoms with Gasteiger partial charge in [-0.2, -0.15) is 4.31 Å². The normalized spacial score (nSPS) is 13.7. The molecule has 0 aromatic heterocycles. The number of likely N-dealkylation sites (N-methyl/N-ethyl adjacent to an activating group) is 1. The summed E-state index contributed by atoms with van der Waals surface area (Å²) in [7, 11) is -1.93. The first-order valence-electron chi connectivity index (χ1n) is 6.29. The first-order valence-corrected chi connectivity index (χ1v) is 7.73. The van der Waals surface area contributed by atoms with Crippen molar-refractivity contribution in [1.29, 1.82) is 0 Å². The van der Waals surface area contributed by atoms with Gasteiger partial charge in [0.25, 0.3) is 0 Å². The molecule has 19 heavy (non-hydrogen) atoms. The molecule has 0 radical (unpaired) electrons. The molecule has 0 fully saturated rings. The molecule has 0 aliphatic rings. The molecule has 1 aromatic rings. The van der Waals surface area contributed by atoms with Crippen molar-refractivity contribution in [2.24, 2.45) is 5.73 Å². The fraction of sp³-hybridized carbons (Fsp3) is 0.538. The molecule has 5 nitrogen and oxygen atoms in total. The van der Waals surface area contributed by atoms with Crippen LogP contribution in [0.5, 0.6) is 0 Å². The van der Waals surface area contributed by atoms with Crippen LogP contribution in [0.1, 0.15) is 25.5 Å². The van der Waals surface area contributed by atoms with Gasteiger partial charge in [-0.1, -0.05) is 12.1 Å². The third-order valence-corrected chi connectivity index (χ3v) is 4.70. The molecule has 6 heteroatoms. The molecule has 0 spiro atoms. The Labute approximate surface area is 115 Å². The minimum atomic E-state index is -3.48. The van der Waals surface area contributed by atoms with Gasteiger partial charge in [0, 0.05) is 26.2 Å². The van der Waals surface area contributed by atoms with Gasteiger partial charge in [-0.15, -0.1) is 0 Å². The van der Waals surface area contributed by atoms with Gasteiger partial charge >= 0.3 is 0 Å². The van der Waals surface area contributed by atoms with E-state index in [9.17, 15) is 8.42 Å². The highest BCUT2D eigenvalue weighted by atomic mass is 32.2. The molecule has 1 atom stereocenters.